The minimum Gasteiger partial charge on any atom is -0.384 e. The first-order chi connectivity index (χ1) is 8.31. The van der Waals surface area contributed by atoms with Gasteiger partial charge < -0.3 is 4.74 Å². The van der Waals surface area contributed by atoms with Gasteiger partial charge in [0, 0.05) is 32.8 Å². The second-order valence-corrected chi connectivity index (χ2v) is 5.99. The number of likely N-dealkylation sites (tertiary alicyclic amines) is 1. The number of unbranched alkanes of at least 4 members (excludes halogenated alkanes) is 1. The second-order valence-electron chi connectivity index (χ2n) is 5.99. The summed E-state index contributed by atoms with van der Waals surface area (Å²) in [7, 11) is 1.84. The van der Waals surface area contributed by atoms with Gasteiger partial charge in [0.1, 0.15) is 0 Å². The molecule has 4 atom stereocenters. The molecule has 2 fully saturated rings. The zero-order chi connectivity index (χ0) is 12.3. The molecule has 0 aromatic heterocycles. The van der Waals surface area contributed by atoms with Gasteiger partial charge in [-0.3, -0.25) is 4.90 Å². The molecule has 0 aromatic carbocycles. The summed E-state index contributed by atoms with van der Waals surface area (Å²) in [6.45, 7) is 8.33. The fraction of sp³-hybridized carbons (Fsp3) is 1.00. The van der Waals surface area contributed by atoms with E-state index in [2.05, 4.69) is 18.7 Å². The van der Waals surface area contributed by atoms with Gasteiger partial charge in [0.05, 0.1) is 0 Å². The zero-order valence-electron chi connectivity index (χ0n) is 11.8. The standard InChI is InChI=1S/C15H29NO/c1-4-6-8-12(7-5-2)16-9-13-14(10-16)15(13)11-17-3/h12-15H,4-11H2,1-3H3/t12-,13-,14+,15?/m1/s1. The lowest BCUT2D eigenvalue weighted by atomic mass is 10.0. The van der Waals surface area contributed by atoms with Crippen molar-refractivity contribution in [3.63, 3.8) is 0 Å². The van der Waals surface area contributed by atoms with Gasteiger partial charge >= 0.3 is 0 Å². The summed E-state index contributed by atoms with van der Waals surface area (Å²) in [4.78, 5) is 2.78. The highest BCUT2D eigenvalue weighted by Gasteiger charge is 2.55. The minimum absolute atomic E-state index is 0.871. The van der Waals surface area contributed by atoms with Crippen LogP contribution in [0, 0.1) is 17.8 Å². The topological polar surface area (TPSA) is 12.5 Å². The predicted octanol–water partition coefficient (Wildman–Crippen LogP) is 3.17. The largest absolute Gasteiger partial charge is 0.384 e. The molecule has 0 radical (unpaired) electrons. The molecule has 1 aliphatic heterocycles. The quantitative estimate of drug-likeness (QED) is 0.645. The summed E-state index contributed by atoms with van der Waals surface area (Å²) in [5, 5.41) is 0. The molecule has 2 rings (SSSR count). The van der Waals surface area contributed by atoms with Gasteiger partial charge in [0.2, 0.25) is 0 Å². The van der Waals surface area contributed by atoms with Crippen LogP contribution in [0.4, 0.5) is 0 Å². The molecule has 1 saturated carbocycles. The van der Waals surface area contributed by atoms with Crippen molar-refractivity contribution < 1.29 is 4.74 Å². The number of rotatable bonds is 8. The third-order valence-electron chi connectivity index (χ3n) is 4.79. The molecule has 2 aliphatic rings. The molecule has 2 nitrogen and oxygen atoms in total. The molecule has 100 valence electrons. The molecule has 1 heterocycles. The van der Waals surface area contributed by atoms with Gasteiger partial charge in [0.25, 0.3) is 0 Å². The Bertz CT molecular complexity index is 219. The van der Waals surface area contributed by atoms with Crippen molar-refractivity contribution in [2.75, 3.05) is 26.8 Å². The number of ether oxygens (including phenoxy) is 1. The van der Waals surface area contributed by atoms with E-state index in [0.29, 0.717) is 0 Å². The highest BCUT2D eigenvalue weighted by molar-refractivity contribution is 5.06. The van der Waals surface area contributed by atoms with Crippen LogP contribution in [0.2, 0.25) is 0 Å². The predicted molar refractivity (Wildman–Crippen MR) is 72.1 cm³/mol. The molecule has 0 spiro atoms. The SMILES string of the molecule is CCCC[C@@H](CCC)N1C[C@@H]2C(COC)[C@@H]2C1. The normalized spacial score (nSPS) is 33.7. The van der Waals surface area contributed by atoms with E-state index in [0.717, 1.165) is 30.4 Å². The minimum atomic E-state index is 0.871. The lowest BCUT2D eigenvalue weighted by Crippen LogP contribution is -2.36. The summed E-state index contributed by atoms with van der Waals surface area (Å²) in [5.41, 5.74) is 0. The van der Waals surface area contributed by atoms with Gasteiger partial charge in [0.15, 0.2) is 0 Å². The summed E-state index contributed by atoms with van der Waals surface area (Å²) in [5.74, 6) is 2.83. The van der Waals surface area contributed by atoms with Crippen LogP contribution in [0.25, 0.3) is 0 Å². The molecule has 0 bridgehead atoms. The molecule has 1 aliphatic carbocycles. The number of methoxy groups -OCH3 is 1. The third kappa shape index (κ3) is 3.03. The van der Waals surface area contributed by atoms with Crippen LogP contribution in [0.3, 0.4) is 0 Å². The Balaban J connectivity index is 1.75. The van der Waals surface area contributed by atoms with Gasteiger partial charge in [-0.25, -0.2) is 0 Å². The van der Waals surface area contributed by atoms with Crippen LogP contribution in [0.5, 0.6) is 0 Å². The van der Waals surface area contributed by atoms with E-state index in [-0.39, 0.29) is 0 Å². The first kappa shape index (κ1) is 13.4. The van der Waals surface area contributed by atoms with Crippen molar-refractivity contribution in [2.45, 2.75) is 52.0 Å². The van der Waals surface area contributed by atoms with Crippen molar-refractivity contribution in [2.24, 2.45) is 17.8 Å². The van der Waals surface area contributed by atoms with Gasteiger partial charge in [-0.15, -0.1) is 0 Å². The fourth-order valence-corrected chi connectivity index (χ4v) is 3.70. The van der Waals surface area contributed by atoms with Gasteiger partial charge in [-0.05, 0) is 30.6 Å². The van der Waals surface area contributed by atoms with E-state index in [4.69, 9.17) is 4.74 Å². The maximum absolute atomic E-state index is 5.29. The molecule has 0 N–H and O–H groups in total. The van der Waals surface area contributed by atoms with Crippen molar-refractivity contribution >= 4 is 0 Å². The Morgan fingerprint density at radius 2 is 1.82 bits per heavy atom. The average Bonchev–Trinajstić information content (AvgIpc) is 2.78. The third-order valence-corrected chi connectivity index (χ3v) is 4.79. The Morgan fingerprint density at radius 1 is 1.12 bits per heavy atom. The average molecular weight is 239 g/mol. The summed E-state index contributed by atoms with van der Waals surface area (Å²) >= 11 is 0. The van der Waals surface area contributed by atoms with E-state index in [1.165, 1.54) is 45.2 Å². The number of hydrogen-bond donors (Lipinski definition) is 0. The van der Waals surface area contributed by atoms with Crippen LogP contribution in [-0.2, 0) is 4.74 Å². The van der Waals surface area contributed by atoms with Crippen molar-refractivity contribution in [1.82, 2.24) is 4.90 Å². The van der Waals surface area contributed by atoms with Crippen molar-refractivity contribution in [3.8, 4) is 0 Å². The lowest BCUT2D eigenvalue weighted by molar-refractivity contribution is 0.140. The van der Waals surface area contributed by atoms with E-state index in [1.54, 1.807) is 0 Å². The number of fused-ring (bicyclic) bond motifs is 1. The van der Waals surface area contributed by atoms with E-state index in [1.807, 2.05) is 7.11 Å². The molecule has 1 unspecified atom stereocenters. The summed E-state index contributed by atoms with van der Waals surface area (Å²) < 4.78 is 5.29. The molecule has 0 aromatic rings. The maximum atomic E-state index is 5.29. The number of piperidine rings is 1. The van der Waals surface area contributed by atoms with E-state index < -0.39 is 0 Å². The van der Waals surface area contributed by atoms with E-state index >= 15 is 0 Å². The Labute approximate surface area is 107 Å². The Kier molecular flexibility index (Phi) is 4.87. The van der Waals surface area contributed by atoms with Gasteiger partial charge in [-0.1, -0.05) is 33.1 Å². The number of nitrogens with zero attached hydrogens (tertiary/aromatic N) is 1. The van der Waals surface area contributed by atoms with Crippen molar-refractivity contribution in [3.05, 3.63) is 0 Å². The van der Waals surface area contributed by atoms with Crippen LogP contribution in [0.15, 0.2) is 0 Å². The van der Waals surface area contributed by atoms with Crippen LogP contribution in [0.1, 0.15) is 46.0 Å². The smallest absolute Gasteiger partial charge is 0.0496 e. The zero-order valence-corrected chi connectivity index (χ0v) is 11.8. The first-order valence-electron chi connectivity index (χ1n) is 7.54. The monoisotopic (exact) mass is 239 g/mol. The summed E-state index contributed by atoms with van der Waals surface area (Å²) in [6, 6.07) is 0.871. The van der Waals surface area contributed by atoms with Crippen molar-refractivity contribution in [1.29, 1.82) is 0 Å². The lowest BCUT2D eigenvalue weighted by Gasteiger charge is -2.29. The molecule has 0 amide bonds. The van der Waals surface area contributed by atoms with Crippen LogP contribution >= 0.6 is 0 Å². The highest BCUT2D eigenvalue weighted by Crippen LogP contribution is 2.52. The summed E-state index contributed by atoms with van der Waals surface area (Å²) in [6.07, 6.45) is 6.89. The maximum Gasteiger partial charge on any atom is 0.0496 e. The first-order valence-corrected chi connectivity index (χ1v) is 7.54. The van der Waals surface area contributed by atoms with E-state index in [9.17, 15) is 0 Å². The molecule has 2 heteroatoms. The number of hydrogen-bond acceptors (Lipinski definition) is 2. The molecule has 17 heavy (non-hydrogen) atoms. The fourth-order valence-electron chi connectivity index (χ4n) is 3.70. The molecule has 1 saturated heterocycles. The van der Waals surface area contributed by atoms with Gasteiger partial charge in [-0.2, -0.15) is 0 Å². The van der Waals surface area contributed by atoms with Crippen LogP contribution in [-0.4, -0.2) is 37.7 Å². The second kappa shape index (κ2) is 6.19. The highest BCUT2D eigenvalue weighted by atomic mass is 16.5. The molecular formula is C15H29NO. The molecular weight excluding hydrogens is 210 g/mol. The van der Waals surface area contributed by atoms with Crippen LogP contribution < -0.4 is 0 Å². The Hall–Kier alpha value is -0.0800. The Morgan fingerprint density at radius 3 is 2.35 bits per heavy atom.